The number of imidazole rings is 1. The van der Waals surface area contributed by atoms with Crippen molar-refractivity contribution in [2.45, 2.75) is 50.7 Å². The predicted molar refractivity (Wildman–Crippen MR) is 117 cm³/mol. The van der Waals surface area contributed by atoms with E-state index < -0.39 is 17.4 Å². The zero-order valence-electron chi connectivity index (χ0n) is 18.2. The molecule has 4 rings (SSSR count). The third-order valence-corrected chi connectivity index (χ3v) is 6.46. The lowest BCUT2D eigenvalue weighted by molar-refractivity contribution is -0.127. The van der Waals surface area contributed by atoms with Gasteiger partial charge in [0.25, 0.3) is 5.91 Å². The molecule has 0 spiro atoms. The molecule has 1 fully saturated rings. The van der Waals surface area contributed by atoms with Gasteiger partial charge in [0.05, 0.1) is 32.1 Å². The number of esters is 1. The van der Waals surface area contributed by atoms with Crippen LogP contribution in [0, 0.1) is 0 Å². The van der Waals surface area contributed by atoms with Crippen LogP contribution in [0.25, 0.3) is 0 Å². The fraction of sp³-hybridized carbons (Fsp3) is 0.455. The van der Waals surface area contributed by atoms with Crippen molar-refractivity contribution in [1.29, 1.82) is 0 Å². The van der Waals surface area contributed by atoms with Gasteiger partial charge in [-0.05, 0) is 38.0 Å². The van der Waals surface area contributed by atoms with Gasteiger partial charge < -0.3 is 19.4 Å². The number of carbonyl (C=O) groups excluding carboxylic acids is 3. The second-order valence-corrected chi connectivity index (χ2v) is 8.66. The lowest BCUT2D eigenvalue weighted by atomic mass is 9.92. The number of nitrogens with zero attached hydrogens (tertiary/aromatic N) is 3. The maximum atomic E-state index is 13.7. The first kappa shape index (κ1) is 22.1. The molecular weight excluding hydrogens is 436 g/mol. The van der Waals surface area contributed by atoms with Crippen LogP contribution >= 0.6 is 11.6 Å². The molecule has 1 aromatic carbocycles. The first-order chi connectivity index (χ1) is 15.3. The molecule has 2 aromatic rings. The smallest absolute Gasteiger partial charge is 0.359 e. The van der Waals surface area contributed by atoms with Crippen LogP contribution in [0.5, 0.6) is 5.75 Å². The number of aromatic nitrogens is 2. The first-order valence-electron chi connectivity index (χ1n) is 10.4. The third-order valence-electron chi connectivity index (χ3n) is 6.17. The summed E-state index contributed by atoms with van der Waals surface area (Å²) < 4.78 is 11.5. The number of fused-ring (bicyclic) bond motifs is 1. The number of amides is 2. The Bertz CT molecular complexity index is 1080. The van der Waals surface area contributed by atoms with Gasteiger partial charge in [-0.15, -0.1) is 0 Å². The van der Waals surface area contributed by atoms with Crippen LogP contribution in [0.2, 0.25) is 5.02 Å². The van der Waals surface area contributed by atoms with E-state index in [2.05, 4.69) is 10.3 Å². The minimum absolute atomic E-state index is 0.0648. The number of ether oxygens (including phenoxy) is 2. The Morgan fingerprint density at radius 1 is 1.25 bits per heavy atom. The number of benzene rings is 1. The fourth-order valence-electron chi connectivity index (χ4n) is 4.49. The molecule has 2 amide bonds. The fourth-order valence-corrected chi connectivity index (χ4v) is 4.74. The minimum atomic E-state index is -1.28. The molecule has 10 heteroatoms. The van der Waals surface area contributed by atoms with Crippen molar-refractivity contribution >= 4 is 35.1 Å². The van der Waals surface area contributed by atoms with Gasteiger partial charge >= 0.3 is 5.97 Å². The zero-order valence-corrected chi connectivity index (χ0v) is 18.9. The summed E-state index contributed by atoms with van der Waals surface area (Å²) in [6, 6.07) is 4.94. The third kappa shape index (κ3) is 3.60. The van der Waals surface area contributed by atoms with E-state index in [-0.39, 0.29) is 29.9 Å². The van der Waals surface area contributed by atoms with Gasteiger partial charge in [0, 0.05) is 11.7 Å². The summed E-state index contributed by atoms with van der Waals surface area (Å²) in [6.45, 7) is 1.81. The number of anilines is 1. The van der Waals surface area contributed by atoms with E-state index in [9.17, 15) is 14.4 Å². The number of rotatable bonds is 5. The second kappa shape index (κ2) is 8.46. The Hall–Kier alpha value is -3.07. The molecule has 2 heterocycles. The topological polar surface area (TPSA) is 103 Å². The molecule has 1 unspecified atom stereocenters. The Balaban J connectivity index is 1.82. The van der Waals surface area contributed by atoms with Crippen LogP contribution in [0.1, 0.15) is 53.6 Å². The maximum Gasteiger partial charge on any atom is 0.359 e. The highest BCUT2D eigenvalue weighted by Crippen LogP contribution is 2.37. The Labute approximate surface area is 190 Å². The number of halogens is 1. The monoisotopic (exact) mass is 460 g/mol. The normalized spacial score (nSPS) is 20.8. The summed E-state index contributed by atoms with van der Waals surface area (Å²) in [5.41, 5.74) is -0.901. The summed E-state index contributed by atoms with van der Waals surface area (Å²) >= 11 is 6.33. The molecule has 1 aliphatic heterocycles. The predicted octanol–water partition coefficient (Wildman–Crippen LogP) is 2.81. The van der Waals surface area contributed by atoms with E-state index >= 15 is 0 Å². The Morgan fingerprint density at radius 2 is 1.97 bits per heavy atom. The summed E-state index contributed by atoms with van der Waals surface area (Å²) in [7, 11) is 2.72. The van der Waals surface area contributed by atoms with E-state index in [0.29, 0.717) is 16.5 Å². The van der Waals surface area contributed by atoms with Gasteiger partial charge in [0.1, 0.15) is 17.0 Å². The first-order valence-corrected chi connectivity index (χ1v) is 10.8. The Kier molecular flexibility index (Phi) is 5.85. The molecule has 1 saturated carbocycles. The summed E-state index contributed by atoms with van der Waals surface area (Å²) in [5.74, 6) is -1.10. The van der Waals surface area contributed by atoms with Gasteiger partial charge in [-0.3, -0.25) is 14.5 Å². The molecule has 0 saturated heterocycles. The van der Waals surface area contributed by atoms with E-state index in [1.807, 2.05) is 0 Å². The summed E-state index contributed by atoms with van der Waals surface area (Å²) in [5, 5.41) is 3.40. The van der Waals surface area contributed by atoms with Gasteiger partial charge in [0.15, 0.2) is 5.69 Å². The molecule has 9 nitrogen and oxygen atoms in total. The van der Waals surface area contributed by atoms with Crippen molar-refractivity contribution in [3.8, 4) is 5.75 Å². The molecule has 32 heavy (non-hydrogen) atoms. The highest BCUT2D eigenvalue weighted by Gasteiger charge is 2.50. The largest absolute Gasteiger partial charge is 0.495 e. The van der Waals surface area contributed by atoms with Crippen molar-refractivity contribution < 1.29 is 23.9 Å². The molecule has 170 valence electrons. The lowest BCUT2D eigenvalue weighted by Gasteiger charge is -2.44. The minimum Gasteiger partial charge on any atom is -0.495 e. The van der Waals surface area contributed by atoms with Gasteiger partial charge in [-0.1, -0.05) is 24.4 Å². The molecule has 2 aliphatic rings. The van der Waals surface area contributed by atoms with Crippen LogP contribution < -0.4 is 15.0 Å². The Morgan fingerprint density at radius 3 is 2.59 bits per heavy atom. The van der Waals surface area contributed by atoms with Crippen LogP contribution in [0.3, 0.4) is 0 Å². The van der Waals surface area contributed by atoms with Gasteiger partial charge in [0.2, 0.25) is 5.91 Å². The van der Waals surface area contributed by atoms with E-state index in [1.165, 1.54) is 30.0 Å². The molecule has 1 aliphatic carbocycles. The molecule has 1 N–H and O–H groups in total. The number of nitrogens with one attached hydrogen (secondary N) is 1. The van der Waals surface area contributed by atoms with Crippen molar-refractivity contribution in [2.24, 2.45) is 0 Å². The second-order valence-electron chi connectivity index (χ2n) is 8.25. The van der Waals surface area contributed by atoms with Crippen LogP contribution in [0.4, 0.5) is 5.69 Å². The van der Waals surface area contributed by atoms with Crippen LogP contribution in [0.15, 0.2) is 24.5 Å². The van der Waals surface area contributed by atoms with Crippen molar-refractivity contribution in [2.75, 3.05) is 19.1 Å². The van der Waals surface area contributed by atoms with Crippen molar-refractivity contribution in [3.63, 3.8) is 0 Å². The van der Waals surface area contributed by atoms with E-state index in [0.717, 1.165) is 25.7 Å². The molecule has 0 radical (unpaired) electrons. The maximum absolute atomic E-state index is 13.7. The summed E-state index contributed by atoms with van der Waals surface area (Å²) in [4.78, 5) is 45.0. The zero-order chi connectivity index (χ0) is 23.0. The average molecular weight is 461 g/mol. The van der Waals surface area contributed by atoms with E-state index in [4.69, 9.17) is 21.1 Å². The number of hydrogen-bond acceptors (Lipinski definition) is 6. The number of hydrogen-bond donors (Lipinski definition) is 1. The average Bonchev–Trinajstić information content (AvgIpc) is 3.43. The van der Waals surface area contributed by atoms with Gasteiger partial charge in [-0.25, -0.2) is 9.78 Å². The highest BCUT2D eigenvalue weighted by atomic mass is 35.5. The highest BCUT2D eigenvalue weighted by molar-refractivity contribution is 6.32. The number of carbonyl (C=O) groups is 3. The van der Waals surface area contributed by atoms with Crippen molar-refractivity contribution in [1.82, 2.24) is 14.9 Å². The quantitative estimate of drug-likeness (QED) is 0.688. The van der Waals surface area contributed by atoms with Crippen molar-refractivity contribution in [3.05, 3.63) is 40.9 Å². The summed E-state index contributed by atoms with van der Waals surface area (Å²) in [6.07, 6.45) is 5.33. The molecule has 1 atom stereocenters. The standard InChI is InChI=1S/C22H25ClN4O5/c1-22(21(30)25-13-6-4-5-7-13)11-26-12-24-17(20(29)32-3)18(26)19(28)27(22)14-8-9-16(31-2)15(23)10-14/h8-10,12-13H,4-7,11H2,1-3H3,(H,25,30). The molecule has 0 bridgehead atoms. The lowest BCUT2D eigenvalue weighted by Crippen LogP contribution is -2.65. The number of methoxy groups -OCH3 is 2. The SMILES string of the molecule is COC(=O)c1ncn2c1C(=O)N(c1ccc(OC)c(Cl)c1)C(C)(C(=O)NC1CCCC1)C2. The van der Waals surface area contributed by atoms with Gasteiger partial charge in [-0.2, -0.15) is 0 Å². The molecule has 1 aromatic heterocycles. The van der Waals surface area contributed by atoms with Crippen LogP contribution in [-0.4, -0.2) is 53.1 Å². The van der Waals surface area contributed by atoms with E-state index in [1.54, 1.807) is 25.1 Å². The molecular formula is C22H25ClN4O5. The van der Waals surface area contributed by atoms with Crippen LogP contribution in [-0.2, 0) is 16.1 Å².